The Bertz CT molecular complexity index is 1700. The van der Waals surface area contributed by atoms with Gasteiger partial charge in [-0.05, 0) is 53.4 Å². The highest BCUT2D eigenvalue weighted by molar-refractivity contribution is 6.25. The summed E-state index contributed by atoms with van der Waals surface area (Å²) in [5, 5.41) is 4.44. The molecule has 0 radical (unpaired) electrons. The molecule has 196 valence electrons. The molecule has 3 amide bonds. The van der Waals surface area contributed by atoms with Crippen LogP contribution in [0.1, 0.15) is 44.1 Å². The first-order chi connectivity index (χ1) is 19.4. The molecule has 1 aliphatic heterocycles. The molecule has 4 aliphatic rings. The minimum Gasteiger partial charge on any atom is -0.398 e. The van der Waals surface area contributed by atoms with E-state index in [-0.39, 0.29) is 17.7 Å². The number of hydrazone groups is 1. The number of aryl methyl sites for hydroxylation is 1. The van der Waals surface area contributed by atoms with Crippen molar-refractivity contribution in [2.24, 2.45) is 16.9 Å². The van der Waals surface area contributed by atoms with Gasteiger partial charge in [-0.2, -0.15) is 5.10 Å². The van der Waals surface area contributed by atoms with Crippen molar-refractivity contribution in [1.29, 1.82) is 0 Å². The van der Waals surface area contributed by atoms with E-state index in [1.807, 2.05) is 79.7 Å². The van der Waals surface area contributed by atoms with Crippen LogP contribution in [-0.4, -0.2) is 23.9 Å². The molecule has 2 bridgehead atoms. The van der Waals surface area contributed by atoms with Gasteiger partial charge in [0.15, 0.2) is 0 Å². The molecule has 3 N–H and O–H groups in total. The molecular formula is C33H26N4O3. The highest BCUT2D eigenvalue weighted by Gasteiger charge is 2.68. The largest absolute Gasteiger partial charge is 0.398 e. The van der Waals surface area contributed by atoms with E-state index in [0.29, 0.717) is 16.9 Å². The van der Waals surface area contributed by atoms with Gasteiger partial charge in [-0.25, -0.2) is 10.3 Å². The lowest BCUT2D eigenvalue weighted by Gasteiger charge is -2.52. The highest BCUT2D eigenvalue weighted by Crippen LogP contribution is 2.63. The van der Waals surface area contributed by atoms with Crippen molar-refractivity contribution >= 4 is 35.3 Å². The van der Waals surface area contributed by atoms with Crippen molar-refractivity contribution in [3.05, 3.63) is 130 Å². The SMILES string of the molecule is Cc1ccc(N2C(=O)[C@H]3C4c5ccccc5C(/C=N\NC(=O)c5ccccc5N)(c5ccccc54)[C@H]3C2=O)cc1. The summed E-state index contributed by atoms with van der Waals surface area (Å²) in [7, 11) is 0. The fourth-order valence-electron chi connectivity index (χ4n) is 6.95. The van der Waals surface area contributed by atoms with Crippen molar-refractivity contribution in [1.82, 2.24) is 5.43 Å². The molecule has 1 saturated heterocycles. The number of amides is 3. The Morgan fingerprint density at radius 2 is 1.45 bits per heavy atom. The number of anilines is 2. The zero-order valence-corrected chi connectivity index (χ0v) is 21.7. The number of carbonyl (C=O) groups is 3. The van der Waals surface area contributed by atoms with Crippen LogP contribution in [0.5, 0.6) is 0 Å². The second kappa shape index (κ2) is 8.74. The number of benzene rings is 4. The van der Waals surface area contributed by atoms with Crippen molar-refractivity contribution in [2.45, 2.75) is 18.3 Å². The van der Waals surface area contributed by atoms with Crippen LogP contribution >= 0.6 is 0 Å². The lowest BCUT2D eigenvalue weighted by atomic mass is 9.47. The maximum atomic E-state index is 14.4. The van der Waals surface area contributed by atoms with E-state index in [4.69, 9.17) is 5.73 Å². The maximum Gasteiger partial charge on any atom is 0.273 e. The molecule has 4 aromatic carbocycles. The topological polar surface area (TPSA) is 105 Å². The number of carbonyl (C=O) groups excluding carboxylic acids is 3. The molecule has 0 unspecified atom stereocenters. The number of nitrogens with one attached hydrogen (secondary N) is 1. The van der Waals surface area contributed by atoms with Crippen LogP contribution in [0.25, 0.3) is 0 Å². The first kappa shape index (κ1) is 24.0. The van der Waals surface area contributed by atoms with Crippen molar-refractivity contribution in [2.75, 3.05) is 10.6 Å². The molecule has 0 spiro atoms. The molecule has 0 saturated carbocycles. The number of nitrogen functional groups attached to an aromatic ring is 1. The molecular weight excluding hydrogens is 500 g/mol. The van der Waals surface area contributed by atoms with Crippen LogP contribution in [0.2, 0.25) is 0 Å². The Balaban J connectivity index is 1.41. The number of nitrogens with two attached hydrogens (primary N) is 1. The van der Waals surface area contributed by atoms with Crippen LogP contribution in [0.4, 0.5) is 11.4 Å². The van der Waals surface area contributed by atoms with Crippen LogP contribution < -0.4 is 16.1 Å². The van der Waals surface area contributed by atoms with Crippen LogP contribution in [0.15, 0.2) is 102 Å². The summed E-state index contributed by atoms with van der Waals surface area (Å²) in [6.45, 7) is 1.97. The first-order valence-corrected chi connectivity index (χ1v) is 13.3. The lowest BCUT2D eigenvalue weighted by Crippen LogP contribution is -2.54. The van der Waals surface area contributed by atoms with Gasteiger partial charge in [-0.3, -0.25) is 14.4 Å². The summed E-state index contributed by atoms with van der Waals surface area (Å²) in [5.74, 6) is -2.53. The average Bonchev–Trinajstić information content (AvgIpc) is 3.24. The molecule has 1 fully saturated rings. The maximum absolute atomic E-state index is 14.4. The number of imide groups is 1. The summed E-state index contributed by atoms with van der Waals surface area (Å²) in [5.41, 5.74) is 13.6. The molecule has 0 aromatic heterocycles. The summed E-state index contributed by atoms with van der Waals surface area (Å²) < 4.78 is 0. The zero-order valence-electron chi connectivity index (χ0n) is 21.7. The van der Waals surface area contributed by atoms with Crippen molar-refractivity contribution < 1.29 is 14.4 Å². The predicted molar refractivity (Wildman–Crippen MR) is 153 cm³/mol. The number of hydrogen-bond acceptors (Lipinski definition) is 5. The van der Waals surface area contributed by atoms with E-state index in [1.54, 1.807) is 30.5 Å². The second-order valence-corrected chi connectivity index (χ2v) is 10.7. The van der Waals surface area contributed by atoms with Crippen molar-refractivity contribution in [3.8, 4) is 0 Å². The minimum absolute atomic E-state index is 0.216. The first-order valence-electron chi connectivity index (χ1n) is 13.3. The number of hydrogen-bond donors (Lipinski definition) is 2. The molecule has 7 heteroatoms. The van der Waals surface area contributed by atoms with E-state index in [0.717, 1.165) is 27.8 Å². The molecule has 40 heavy (non-hydrogen) atoms. The van der Waals surface area contributed by atoms with Crippen molar-refractivity contribution in [3.63, 3.8) is 0 Å². The Morgan fingerprint density at radius 3 is 2.10 bits per heavy atom. The highest BCUT2D eigenvalue weighted by atomic mass is 16.2. The standard InChI is InChI=1S/C33H26N4O3/c1-19-14-16-20(17-15-19)37-31(39)28-27-21-8-2-5-11-24(21)33(29(28)32(37)40,25-12-6-3-9-22(25)27)18-35-36-30(38)23-10-4-7-13-26(23)34/h2-18,27-29H,34H2,1H3,(H,36,38)/b35-18-/t27?,28-,29+,33?/m0/s1. The molecule has 3 aliphatic carbocycles. The predicted octanol–water partition coefficient (Wildman–Crippen LogP) is 4.54. The number of para-hydroxylation sites is 1. The Hall–Kier alpha value is -5.04. The Kier molecular flexibility index (Phi) is 5.25. The molecule has 8 rings (SSSR count). The molecule has 2 atom stereocenters. The van der Waals surface area contributed by atoms with Crippen LogP contribution in [0.3, 0.4) is 0 Å². The van der Waals surface area contributed by atoms with Gasteiger partial charge in [0.1, 0.15) is 0 Å². The van der Waals surface area contributed by atoms with Crippen LogP contribution in [-0.2, 0) is 15.0 Å². The minimum atomic E-state index is -1.06. The Morgan fingerprint density at radius 1 is 0.850 bits per heavy atom. The van der Waals surface area contributed by atoms with Gasteiger partial charge in [0.25, 0.3) is 5.91 Å². The smallest absolute Gasteiger partial charge is 0.273 e. The van der Waals surface area contributed by atoms with Gasteiger partial charge >= 0.3 is 0 Å². The van der Waals surface area contributed by atoms with E-state index >= 15 is 0 Å². The summed E-state index contributed by atoms with van der Waals surface area (Å²) in [6, 6.07) is 30.1. The third kappa shape index (κ3) is 3.18. The average molecular weight is 527 g/mol. The fourth-order valence-corrected chi connectivity index (χ4v) is 6.95. The quantitative estimate of drug-likeness (QED) is 0.176. The third-order valence-electron chi connectivity index (χ3n) is 8.62. The molecule has 4 aromatic rings. The summed E-state index contributed by atoms with van der Waals surface area (Å²) in [4.78, 5) is 42.8. The van der Waals surface area contributed by atoms with Gasteiger partial charge in [-0.1, -0.05) is 78.4 Å². The van der Waals surface area contributed by atoms with E-state index in [2.05, 4.69) is 10.5 Å². The van der Waals surface area contributed by atoms with Gasteiger partial charge in [0, 0.05) is 17.8 Å². The molecule has 1 heterocycles. The van der Waals surface area contributed by atoms with Gasteiger partial charge in [0.05, 0.1) is 28.5 Å². The monoisotopic (exact) mass is 526 g/mol. The third-order valence-corrected chi connectivity index (χ3v) is 8.62. The van der Waals surface area contributed by atoms with E-state index in [9.17, 15) is 14.4 Å². The Labute approximate surface area is 231 Å². The van der Waals surface area contributed by atoms with Gasteiger partial charge < -0.3 is 5.73 Å². The zero-order chi connectivity index (χ0) is 27.6. The summed E-state index contributed by atoms with van der Waals surface area (Å²) >= 11 is 0. The van der Waals surface area contributed by atoms with Gasteiger partial charge in [-0.15, -0.1) is 0 Å². The lowest BCUT2D eigenvalue weighted by molar-refractivity contribution is -0.122. The second-order valence-electron chi connectivity index (χ2n) is 10.7. The number of nitrogens with zero attached hydrogens (tertiary/aromatic N) is 2. The van der Waals surface area contributed by atoms with E-state index in [1.165, 1.54) is 4.90 Å². The molecule has 7 nitrogen and oxygen atoms in total. The van der Waals surface area contributed by atoms with Gasteiger partial charge in [0.2, 0.25) is 11.8 Å². The number of rotatable bonds is 4. The van der Waals surface area contributed by atoms with Crippen LogP contribution in [0, 0.1) is 18.8 Å². The normalized spacial score (nSPS) is 24.1. The summed E-state index contributed by atoms with van der Waals surface area (Å²) in [6.07, 6.45) is 1.65. The van der Waals surface area contributed by atoms with E-state index < -0.39 is 23.2 Å². The fraction of sp³-hybridized carbons (Fsp3) is 0.152.